The number of ether oxygens (including phenoxy) is 2. The lowest BCUT2D eigenvalue weighted by Crippen LogP contribution is -2.39. The molecule has 0 aliphatic carbocycles. The second kappa shape index (κ2) is 10.7. The molecule has 0 bridgehead atoms. The maximum Gasteiger partial charge on any atom is 0.338 e. The molecule has 3 heterocycles. The van der Waals surface area contributed by atoms with E-state index in [1.54, 1.807) is 11.5 Å². The monoisotopic (exact) mass is 530 g/mol. The molecular weight excluding hydrogens is 504 g/mol. The highest BCUT2D eigenvalue weighted by Crippen LogP contribution is 2.36. The van der Waals surface area contributed by atoms with Crippen LogP contribution in [0.4, 0.5) is 0 Å². The summed E-state index contributed by atoms with van der Waals surface area (Å²) in [6.45, 7) is 5.92. The van der Waals surface area contributed by atoms with Crippen molar-refractivity contribution in [3.05, 3.63) is 113 Å². The fourth-order valence-electron chi connectivity index (χ4n) is 4.26. The molecule has 1 aliphatic rings. The molecule has 5 rings (SSSR count). The van der Waals surface area contributed by atoms with Gasteiger partial charge in [-0.15, -0.1) is 11.3 Å². The van der Waals surface area contributed by atoms with Crippen molar-refractivity contribution in [1.29, 1.82) is 0 Å². The number of rotatable bonds is 7. The lowest BCUT2D eigenvalue weighted by molar-refractivity contribution is -0.138. The van der Waals surface area contributed by atoms with E-state index in [1.807, 2.05) is 92.0 Å². The van der Waals surface area contributed by atoms with E-state index in [0.717, 1.165) is 16.0 Å². The Balaban J connectivity index is 1.78. The first kappa shape index (κ1) is 24.9. The van der Waals surface area contributed by atoms with Crippen molar-refractivity contribution in [3.63, 3.8) is 0 Å². The van der Waals surface area contributed by atoms with E-state index in [1.165, 1.54) is 22.7 Å². The number of nitrogens with zero attached hydrogens (tertiary/aromatic N) is 2. The Bertz CT molecular complexity index is 1630. The molecule has 2 aromatic heterocycles. The maximum atomic E-state index is 13.9. The summed E-state index contributed by atoms with van der Waals surface area (Å²) in [5.41, 5.74) is 2.27. The molecule has 0 radical (unpaired) electrons. The quantitative estimate of drug-likeness (QED) is 0.323. The Labute approximate surface area is 222 Å². The van der Waals surface area contributed by atoms with Crippen LogP contribution in [0.25, 0.3) is 11.8 Å². The number of carbonyl (C=O) groups excluding carboxylic acids is 1. The SMILES string of the molecule is CCOC(=O)C1=C(c2ccccc2)N=c2s/c(=C\c3ccccc3OC(C)C)c(=O)n2[C@@H]1c1cccs1. The largest absolute Gasteiger partial charge is 0.490 e. The van der Waals surface area contributed by atoms with Crippen molar-refractivity contribution in [2.24, 2.45) is 4.99 Å². The van der Waals surface area contributed by atoms with Crippen LogP contribution in [-0.4, -0.2) is 23.2 Å². The minimum atomic E-state index is -0.644. The highest BCUT2D eigenvalue weighted by Gasteiger charge is 2.35. The molecule has 0 N–H and O–H groups in total. The number of aromatic nitrogens is 1. The molecule has 0 saturated heterocycles. The molecule has 6 nitrogen and oxygen atoms in total. The number of esters is 1. The van der Waals surface area contributed by atoms with E-state index in [2.05, 4.69) is 0 Å². The van der Waals surface area contributed by atoms with Gasteiger partial charge in [0.2, 0.25) is 0 Å². The molecule has 0 saturated carbocycles. The fraction of sp³-hybridized carbons (Fsp3) is 0.207. The van der Waals surface area contributed by atoms with Gasteiger partial charge in [0.15, 0.2) is 4.80 Å². The number of fused-ring (bicyclic) bond motifs is 1. The van der Waals surface area contributed by atoms with E-state index < -0.39 is 12.0 Å². The molecule has 188 valence electrons. The van der Waals surface area contributed by atoms with Crippen LogP contribution in [0.15, 0.2) is 87.5 Å². The Morgan fingerprint density at radius 1 is 1.08 bits per heavy atom. The third-order valence-corrected chi connectivity index (χ3v) is 7.66. The van der Waals surface area contributed by atoms with Gasteiger partial charge in [0.05, 0.1) is 28.5 Å². The molecule has 0 unspecified atom stereocenters. The molecule has 2 aromatic carbocycles. The van der Waals surface area contributed by atoms with Crippen LogP contribution in [0.5, 0.6) is 5.75 Å². The van der Waals surface area contributed by atoms with Gasteiger partial charge in [0.25, 0.3) is 5.56 Å². The second-order valence-electron chi connectivity index (χ2n) is 8.65. The fourth-order valence-corrected chi connectivity index (χ4v) is 6.07. The molecule has 1 aliphatic heterocycles. The molecule has 0 amide bonds. The third kappa shape index (κ3) is 4.95. The van der Waals surface area contributed by atoms with Gasteiger partial charge in [-0.2, -0.15) is 0 Å². The van der Waals surface area contributed by atoms with Crippen molar-refractivity contribution in [2.45, 2.75) is 32.9 Å². The van der Waals surface area contributed by atoms with E-state index in [0.29, 0.717) is 26.4 Å². The van der Waals surface area contributed by atoms with Gasteiger partial charge in [-0.05, 0) is 44.4 Å². The third-order valence-electron chi connectivity index (χ3n) is 5.75. The van der Waals surface area contributed by atoms with E-state index in [-0.39, 0.29) is 18.3 Å². The average Bonchev–Trinajstić information content (AvgIpc) is 3.53. The van der Waals surface area contributed by atoms with E-state index in [9.17, 15) is 9.59 Å². The lowest BCUT2D eigenvalue weighted by atomic mass is 9.97. The number of thiazole rings is 1. The van der Waals surface area contributed by atoms with Crippen molar-refractivity contribution in [2.75, 3.05) is 6.61 Å². The molecule has 0 spiro atoms. The van der Waals surface area contributed by atoms with Gasteiger partial charge in [-0.1, -0.05) is 65.9 Å². The normalized spacial score (nSPS) is 15.5. The Hall–Kier alpha value is -3.75. The van der Waals surface area contributed by atoms with Crippen LogP contribution in [0.1, 0.15) is 42.8 Å². The average molecular weight is 531 g/mol. The van der Waals surface area contributed by atoms with Gasteiger partial charge >= 0.3 is 5.97 Å². The number of hydrogen-bond donors (Lipinski definition) is 0. The standard InChI is InChI=1S/C29H26N2O4S2/c1-4-34-28(33)24-25(19-11-6-5-7-12-19)30-29-31(26(24)22-15-10-16-36-22)27(32)23(37-29)17-20-13-8-9-14-21(20)35-18(2)3/h5-18,26H,4H2,1-3H3/b23-17-/t26-/m1/s1. The Morgan fingerprint density at radius 3 is 2.54 bits per heavy atom. The van der Waals surface area contributed by atoms with Crippen LogP contribution in [0.2, 0.25) is 0 Å². The van der Waals surface area contributed by atoms with Crippen LogP contribution in [0, 0.1) is 0 Å². The van der Waals surface area contributed by atoms with Crippen LogP contribution in [-0.2, 0) is 9.53 Å². The number of hydrogen-bond acceptors (Lipinski definition) is 7. The molecule has 0 fully saturated rings. The van der Waals surface area contributed by atoms with Gasteiger partial charge in [0.1, 0.15) is 11.8 Å². The van der Waals surface area contributed by atoms with Crippen molar-refractivity contribution >= 4 is 40.4 Å². The predicted octanol–water partition coefficient (Wildman–Crippen LogP) is 4.78. The summed E-state index contributed by atoms with van der Waals surface area (Å²) < 4.78 is 13.6. The molecular formula is C29H26N2O4S2. The molecule has 1 atom stereocenters. The van der Waals surface area contributed by atoms with Crippen LogP contribution >= 0.6 is 22.7 Å². The van der Waals surface area contributed by atoms with Gasteiger partial charge < -0.3 is 9.47 Å². The predicted molar refractivity (Wildman–Crippen MR) is 148 cm³/mol. The summed E-state index contributed by atoms with van der Waals surface area (Å²) in [6.07, 6.45) is 1.83. The maximum absolute atomic E-state index is 13.9. The summed E-state index contributed by atoms with van der Waals surface area (Å²) in [6, 6.07) is 20.4. The minimum absolute atomic E-state index is 0.00448. The lowest BCUT2D eigenvalue weighted by Gasteiger charge is -2.24. The summed E-state index contributed by atoms with van der Waals surface area (Å²) in [5.74, 6) is 0.226. The number of benzene rings is 2. The van der Waals surface area contributed by atoms with Gasteiger partial charge in [-0.25, -0.2) is 9.79 Å². The molecule has 4 aromatic rings. The minimum Gasteiger partial charge on any atom is -0.490 e. The van der Waals surface area contributed by atoms with Crippen LogP contribution < -0.4 is 19.6 Å². The van der Waals surface area contributed by atoms with Gasteiger partial charge in [-0.3, -0.25) is 9.36 Å². The number of thiophene rings is 1. The Kier molecular flexibility index (Phi) is 7.21. The summed E-state index contributed by atoms with van der Waals surface area (Å²) in [5, 5.41) is 1.94. The summed E-state index contributed by atoms with van der Waals surface area (Å²) >= 11 is 2.79. The zero-order valence-electron chi connectivity index (χ0n) is 20.7. The topological polar surface area (TPSA) is 69.9 Å². The molecule has 8 heteroatoms. The van der Waals surface area contributed by atoms with E-state index >= 15 is 0 Å². The number of carbonyl (C=O) groups is 1. The first-order valence-electron chi connectivity index (χ1n) is 12.1. The van der Waals surface area contributed by atoms with E-state index in [4.69, 9.17) is 14.5 Å². The van der Waals surface area contributed by atoms with Crippen molar-refractivity contribution in [1.82, 2.24) is 4.57 Å². The zero-order chi connectivity index (χ0) is 25.9. The van der Waals surface area contributed by atoms with Crippen molar-refractivity contribution in [3.8, 4) is 5.75 Å². The smallest absolute Gasteiger partial charge is 0.338 e. The highest BCUT2D eigenvalue weighted by molar-refractivity contribution is 7.10. The van der Waals surface area contributed by atoms with Gasteiger partial charge in [0, 0.05) is 16.0 Å². The van der Waals surface area contributed by atoms with Crippen molar-refractivity contribution < 1.29 is 14.3 Å². The summed E-state index contributed by atoms with van der Waals surface area (Å²) in [4.78, 5) is 33.5. The zero-order valence-corrected chi connectivity index (χ0v) is 22.3. The molecule has 37 heavy (non-hydrogen) atoms. The second-order valence-corrected chi connectivity index (χ2v) is 10.6. The van der Waals surface area contributed by atoms with Crippen LogP contribution in [0.3, 0.4) is 0 Å². The number of para-hydroxylation sites is 1. The Morgan fingerprint density at radius 2 is 1.84 bits per heavy atom. The first-order chi connectivity index (χ1) is 18.0. The summed E-state index contributed by atoms with van der Waals surface area (Å²) in [7, 11) is 0. The highest BCUT2D eigenvalue weighted by atomic mass is 32.1. The first-order valence-corrected chi connectivity index (χ1v) is 13.7.